The number of rotatable bonds is 4. The molecule has 8 heteroatoms. The minimum atomic E-state index is -0.848. The highest BCUT2D eigenvalue weighted by molar-refractivity contribution is 5.76. The molecule has 2 aromatic rings. The zero-order valence-corrected chi connectivity index (χ0v) is 14.5. The van der Waals surface area contributed by atoms with Crippen molar-refractivity contribution < 1.29 is 38.7 Å². The number of fused-ring (bicyclic) bond motifs is 2. The molecule has 1 atom stereocenters. The van der Waals surface area contributed by atoms with E-state index in [2.05, 4.69) is 0 Å². The van der Waals surface area contributed by atoms with Crippen molar-refractivity contribution in [1.82, 2.24) is 0 Å². The Bertz CT molecular complexity index is 861. The molecular weight excluding hydrogens is 356 g/mol. The van der Waals surface area contributed by atoms with Crippen molar-refractivity contribution in [2.45, 2.75) is 19.3 Å². The Morgan fingerprint density at radius 1 is 0.889 bits per heavy atom. The minimum absolute atomic E-state index is 0.0106. The average molecular weight is 374 g/mol. The van der Waals surface area contributed by atoms with Crippen LogP contribution in [0.3, 0.4) is 0 Å². The fraction of sp³-hybridized carbons (Fsp3) is 0.263. The maximum Gasteiger partial charge on any atom is 0.310 e. The van der Waals surface area contributed by atoms with Crippen LogP contribution in [0.15, 0.2) is 36.4 Å². The van der Waals surface area contributed by atoms with E-state index in [-0.39, 0.29) is 20.0 Å². The van der Waals surface area contributed by atoms with Crippen LogP contribution in [0.5, 0.6) is 23.0 Å². The van der Waals surface area contributed by atoms with Crippen molar-refractivity contribution in [3.8, 4) is 23.0 Å². The van der Waals surface area contributed by atoms with Crippen molar-refractivity contribution in [3.05, 3.63) is 47.5 Å². The molecule has 0 aromatic heterocycles. The number of aliphatic carboxylic acids is 2. The molecule has 0 saturated heterocycles. The van der Waals surface area contributed by atoms with Gasteiger partial charge in [0.1, 0.15) is 0 Å². The third kappa shape index (κ3) is 4.41. The second kappa shape index (κ2) is 7.86. The number of carbonyl (C=O) groups is 2. The van der Waals surface area contributed by atoms with E-state index in [1.165, 1.54) is 0 Å². The van der Waals surface area contributed by atoms with Gasteiger partial charge in [0.05, 0.1) is 12.3 Å². The molecule has 4 rings (SSSR count). The Kier molecular flexibility index (Phi) is 5.35. The normalized spacial score (nSPS) is 14.1. The summed E-state index contributed by atoms with van der Waals surface area (Å²) in [7, 11) is 0. The number of ether oxygens (including phenoxy) is 4. The maximum atomic E-state index is 10.7. The third-order valence-electron chi connectivity index (χ3n) is 4.06. The highest BCUT2D eigenvalue weighted by Crippen LogP contribution is 2.34. The van der Waals surface area contributed by atoms with Crippen LogP contribution in [0.25, 0.3) is 0 Å². The molecule has 27 heavy (non-hydrogen) atoms. The molecule has 2 heterocycles. The van der Waals surface area contributed by atoms with Gasteiger partial charge in [0.25, 0.3) is 0 Å². The monoisotopic (exact) mass is 374 g/mol. The molecular formula is C19H18O8. The number of hydrogen-bond donors (Lipinski definition) is 2. The van der Waals surface area contributed by atoms with Gasteiger partial charge in [0.2, 0.25) is 13.6 Å². The van der Waals surface area contributed by atoms with Gasteiger partial charge < -0.3 is 29.2 Å². The standard InChI is InChI=1S/C10H10O4.C9H8O4/c1-6(10(11)12)7-2-3-8-9(4-7)14-5-13-8;10-9(11)4-6-1-2-7-8(3-6)13-5-12-7/h2-4,6H,5H2,1H3,(H,11,12);1-3H,4-5H2,(H,10,11). The molecule has 8 nitrogen and oxygen atoms in total. The molecule has 2 aromatic carbocycles. The SMILES string of the molecule is CC(C(=O)O)c1ccc2c(c1)OCO2.O=C(O)Cc1ccc2c(c1)OCO2. The van der Waals surface area contributed by atoms with Crippen molar-refractivity contribution in [3.63, 3.8) is 0 Å². The smallest absolute Gasteiger partial charge is 0.310 e. The Morgan fingerprint density at radius 3 is 2.04 bits per heavy atom. The maximum absolute atomic E-state index is 10.7. The minimum Gasteiger partial charge on any atom is -0.481 e. The average Bonchev–Trinajstić information content (AvgIpc) is 3.28. The van der Waals surface area contributed by atoms with Crippen molar-refractivity contribution >= 4 is 11.9 Å². The van der Waals surface area contributed by atoms with Gasteiger partial charge in [-0.3, -0.25) is 9.59 Å². The Balaban J connectivity index is 0.000000156. The summed E-state index contributed by atoms with van der Waals surface area (Å²) in [4.78, 5) is 21.1. The summed E-state index contributed by atoms with van der Waals surface area (Å²) in [5, 5.41) is 17.4. The van der Waals surface area contributed by atoms with Crippen LogP contribution in [0.4, 0.5) is 0 Å². The van der Waals surface area contributed by atoms with Crippen LogP contribution < -0.4 is 18.9 Å². The van der Waals surface area contributed by atoms with Crippen molar-refractivity contribution in [2.75, 3.05) is 13.6 Å². The van der Waals surface area contributed by atoms with E-state index < -0.39 is 17.9 Å². The first kappa shape index (κ1) is 18.4. The van der Waals surface area contributed by atoms with Crippen molar-refractivity contribution in [2.24, 2.45) is 0 Å². The van der Waals surface area contributed by atoms with E-state index in [1.54, 1.807) is 43.3 Å². The summed E-state index contributed by atoms with van der Waals surface area (Å²) >= 11 is 0. The summed E-state index contributed by atoms with van der Waals surface area (Å²) in [6, 6.07) is 10.3. The number of hydrogen-bond acceptors (Lipinski definition) is 6. The zero-order valence-electron chi connectivity index (χ0n) is 14.5. The Morgan fingerprint density at radius 2 is 1.44 bits per heavy atom. The molecule has 0 aliphatic carbocycles. The Hall–Kier alpha value is -3.42. The fourth-order valence-electron chi connectivity index (χ4n) is 2.55. The molecule has 1 unspecified atom stereocenters. The van der Waals surface area contributed by atoms with Gasteiger partial charge in [0, 0.05) is 0 Å². The molecule has 0 radical (unpaired) electrons. The lowest BCUT2D eigenvalue weighted by atomic mass is 10.0. The molecule has 0 saturated carbocycles. The van der Waals surface area contributed by atoms with E-state index in [4.69, 9.17) is 29.2 Å². The number of carboxylic acids is 2. The van der Waals surface area contributed by atoms with E-state index >= 15 is 0 Å². The van der Waals surface area contributed by atoms with Gasteiger partial charge in [0.15, 0.2) is 23.0 Å². The summed E-state index contributed by atoms with van der Waals surface area (Å²) in [5.74, 6) is 0.377. The fourth-order valence-corrected chi connectivity index (χ4v) is 2.55. The van der Waals surface area contributed by atoms with Gasteiger partial charge in [-0.2, -0.15) is 0 Å². The summed E-state index contributed by atoms with van der Waals surface area (Å²) in [6.07, 6.45) is 0.0106. The molecule has 2 aliphatic rings. The zero-order chi connectivity index (χ0) is 19.4. The molecule has 2 aliphatic heterocycles. The first-order valence-electron chi connectivity index (χ1n) is 8.16. The highest BCUT2D eigenvalue weighted by Gasteiger charge is 2.19. The first-order chi connectivity index (χ1) is 12.9. The van der Waals surface area contributed by atoms with Crippen molar-refractivity contribution in [1.29, 1.82) is 0 Å². The van der Waals surface area contributed by atoms with Crippen LogP contribution in [0, 0.1) is 0 Å². The summed E-state index contributed by atoms with van der Waals surface area (Å²) < 4.78 is 20.5. The first-order valence-corrected chi connectivity index (χ1v) is 8.16. The molecule has 0 amide bonds. The van der Waals surface area contributed by atoms with Crippen LogP contribution in [-0.2, 0) is 16.0 Å². The van der Waals surface area contributed by atoms with Crippen LogP contribution >= 0.6 is 0 Å². The largest absolute Gasteiger partial charge is 0.481 e. The second-order valence-electron chi connectivity index (χ2n) is 5.93. The quantitative estimate of drug-likeness (QED) is 0.840. The third-order valence-corrected chi connectivity index (χ3v) is 4.06. The molecule has 2 N–H and O–H groups in total. The van der Waals surface area contributed by atoms with Crippen LogP contribution in [0.1, 0.15) is 24.0 Å². The van der Waals surface area contributed by atoms with Gasteiger partial charge in [-0.25, -0.2) is 0 Å². The van der Waals surface area contributed by atoms with E-state index in [1.807, 2.05) is 0 Å². The van der Waals surface area contributed by atoms with E-state index in [9.17, 15) is 9.59 Å². The molecule has 0 fully saturated rings. The number of carboxylic acid groups (broad SMARTS) is 2. The molecule has 0 spiro atoms. The molecule has 142 valence electrons. The second-order valence-corrected chi connectivity index (χ2v) is 5.93. The predicted molar refractivity (Wildman–Crippen MR) is 92.5 cm³/mol. The summed E-state index contributed by atoms with van der Waals surface area (Å²) in [5.41, 5.74) is 1.44. The van der Waals surface area contributed by atoms with Gasteiger partial charge >= 0.3 is 11.9 Å². The lowest BCUT2D eigenvalue weighted by Gasteiger charge is -2.06. The van der Waals surface area contributed by atoms with E-state index in [0.717, 1.165) is 11.1 Å². The van der Waals surface area contributed by atoms with Crippen LogP contribution in [-0.4, -0.2) is 35.7 Å². The Labute approximate surface area is 154 Å². The lowest BCUT2D eigenvalue weighted by molar-refractivity contribution is -0.138. The lowest BCUT2D eigenvalue weighted by Crippen LogP contribution is -2.06. The summed E-state index contributed by atoms with van der Waals surface area (Å²) in [6.45, 7) is 2.06. The topological polar surface area (TPSA) is 112 Å². The molecule has 0 bridgehead atoms. The van der Waals surface area contributed by atoms with Gasteiger partial charge in [-0.05, 0) is 42.3 Å². The van der Waals surface area contributed by atoms with Gasteiger partial charge in [-0.15, -0.1) is 0 Å². The van der Waals surface area contributed by atoms with Gasteiger partial charge in [-0.1, -0.05) is 12.1 Å². The highest BCUT2D eigenvalue weighted by atomic mass is 16.7. The van der Waals surface area contributed by atoms with Crippen LogP contribution in [0.2, 0.25) is 0 Å². The predicted octanol–water partition coefficient (Wildman–Crippen LogP) is 2.65. The van der Waals surface area contributed by atoms with E-state index in [0.29, 0.717) is 23.0 Å². The number of benzene rings is 2.